The third kappa shape index (κ3) is 9.40. The van der Waals surface area contributed by atoms with Crippen molar-refractivity contribution in [1.82, 2.24) is 0 Å². The first kappa shape index (κ1) is 29.8. The summed E-state index contributed by atoms with van der Waals surface area (Å²) in [6.45, 7) is -1.45. The zero-order chi connectivity index (χ0) is 9.72. The fraction of sp³-hybridized carbons (Fsp3) is 1.00. The summed E-state index contributed by atoms with van der Waals surface area (Å²) in [5.41, 5.74) is 0. The van der Waals surface area contributed by atoms with Crippen LogP contribution in [0.25, 0.3) is 0 Å². The number of hydrogen-bond donors (Lipinski definition) is 6. The van der Waals surface area contributed by atoms with Crippen LogP contribution in [0.3, 0.4) is 0 Å². The van der Waals surface area contributed by atoms with Gasteiger partial charge in [-0.05, 0) is 0 Å². The van der Waals surface area contributed by atoms with Crippen molar-refractivity contribution >= 4 is 17.4 Å². The Morgan fingerprint density at radius 3 is 0.938 bits per heavy atom. The first-order chi connectivity index (χ1) is 5.54. The van der Waals surface area contributed by atoms with E-state index in [0.29, 0.717) is 0 Å². The van der Waals surface area contributed by atoms with E-state index in [1.807, 2.05) is 0 Å². The molecule has 0 heterocycles. The molecule has 0 radical (unpaired) electrons. The van der Waals surface area contributed by atoms with Gasteiger partial charge in [0, 0.05) is 0 Å². The Hall–Kier alpha value is 0.172. The van der Waals surface area contributed by atoms with Crippen LogP contribution in [0, 0.1) is 0 Å². The third-order valence-corrected chi connectivity index (χ3v) is 1.51. The van der Waals surface area contributed by atoms with E-state index < -0.39 is 37.6 Å². The third-order valence-electron chi connectivity index (χ3n) is 1.51. The van der Waals surface area contributed by atoms with Crippen LogP contribution in [0.2, 0.25) is 0 Å². The first-order valence-electron chi connectivity index (χ1n) is 3.48. The van der Waals surface area contributed by atoms with Crippen molar-refractivity contribution in [3.8, 4) is 0 Å². The topological polar surface area (TPSA) is 211 Å². The van der Waals surface area contributed by atoms with Crippen LogP contribution in [-0.2, 0) is 0 Å². The van der Waals surface area contributed by atoms with Gasteiger partial charge < -0.3 is 47.1 Å². The second-order valence-corrected chi connectivity index (χ2v) is 2.48. The van der Waals surface area contributed by atoms with Gasteiger partial charge in [-0.1, -0.05) is 0 Å². The zero-order valence-electron chi connectivity index (χ0n) is 8.33. The molecule has 0 spiro atoms. The van der Waals surface area contributed by atoms with Crippen LogP contribution in [0.1, 0.15) is 0 Å². The molecule has 0 aromatic rings. The minimum absolute atomic E-state index is 0. The molecule has 0 aliphatic heterocycles. The number of aliphatic hydroxyl groups is 6. The van der Waals surface area contributed by atoms with E-state index in [9.17, 15) is 0 Å². The molecule has 0 bridgehead atoms. The molecular formula is C6H17AlO9. The van der Waals surface area contributed by atoms with E-state index in [-0.39, 0.29) is 33.8 Å². The van der Waals surface area contributed by atoms with E-state index in [1.54, 1.807) is 0 Å². The molecule has 4 unspecified atom stereocenters. The summed E-state index contributed by atoms with van der Waals surface area (Å²) in [7, 11) is 0. The monoisotopic (exact) mass is 260 g/mol. The van der Waals surface area contributed by atoms with Gasteiger partial charge in [-0.2, -0.15) is 0 Å². The Bertz CT molecular complexity index is 113. The van der Waals surface area contributed by atoms with Crippen molar-refractivity contribution < 1.29 is 47.1 Å². The van der Waals surface area contributed by atoms with E-state index in [1.165, 1.54) is 0 Å². The van der Waals surface area contributed by atoms with Crippen molar-refractivity contribution in [2.75, 3.05) is 13.2 Å². The molecule has 98 valence electrons. The van der Waals surface area contributed by atoms with E-state index >= 15 is 0 Å². The smallest absolute Gasteiger partial charge is 0.870 e. The molecule has 0 rings (SSSR count). The predicted octanol–water partition coefficient (Wildman–Crippen LogP) is -4.50. The predicted molar refractivity (Wildman–Crippen MR) is 49.8 cm³/mol. The van der Waals surface area contributed by atoms with E-state index in [2.05, 4.69) is 0 Å². The summed E-state index contributed by atoms with van der Waals surface area (Å²) >= 11 is 0. The summed E-state index contributed by atoms with van der Waals surface area (Å²) < 4.78 is 0. The van der Waals surface area contributed by atoms with Gasteiger partial charge in [0.25, 0.3) is 0 Å². The van der Waals surface area contributed by atoms with Gasteiger partial charge in [0.2, 0.25) is 0 Å². The summed E-state index contributed by atoms with van der Waals surface area (Å²) in [4.78, 5) is 0. The molecule has 9 nitrogen and oxygen atoms in total. The van der Waals surface area contributed by atoms with Crippen LogP contribution in [0.15, 0.2) is 0 Å². The maximum atomic E-state index is 8.96. The number of aliphatic hydroxyl groups excluding tert-OH is 6. The molecule has 0 saturated carbocycles. The zero-order valence-corrected chi connectivity index (χ0v) is 9.48. The fourth-order valence-corrected chi connectivity index (χ4v) is 0.671. The SMILES string of the molecule is OCC(O)C(O)C(O)C(O)CO.[Al+3].[OH-].[OH-].[OH-]. The van der Waals surface area contributed by atoms with Crippen molar-refractivity contribution in [2.45, 2.75) is 24.4 Å². The Balaban J connectivity index is -0.000000101. The van der Waals surface area contributed by atoms with Gasteiger partial charge in [0.1, 0.15) is 24.4 Å². The molecule has 10 heteroatoms. The second kappa shape index (κ2) is 15.2. The molecule has 0 aromatic carbocycles. The van der Waals surface area contributed by atoms with Crippen LogP contribution in [0.5, 0.6) is 0 Å². The van der Waals surface area contributed by atoms with Crippen LogP contribution >= 0.6 is 0 Å². The molecule has 16 heavy (non-hydrogen) atoms. The summed E-state index contributed by atoms with van der Waals surface area (Å²) in [5.74, 6) is 0. The molecule has 0 amide bonds. The van der Waals surface area contributed by atoms with Gasteiger partial charge >= 0.3 is 17.4 Å². The van der Waals surface area contributed by atoms with E-state index in [4.69, 9.17) is 30.6 Å². The van der Waals surface area contributed by atoms with Crippen molar-refractivity contribution in [1.29, 1.82) is 0 Å². The van der Waals surface area contributed by atoms with Crippen molar-refractivity contribution in [3.05, 3.63) is 0 Å². The van der Waals surface area contributed by atoms with Crippen LogP contribution in [-0.4, -0.2) is 102 Å². The normalized spacial score (nSPS) is 16.1. The molecule has 9 N–H and O–H groups in total. The molecule has 0 aromatic heterocycles. The quantitative estimate of drug-likeness (QED) is 0.262. The molecular weight excluding hydrogens is 243 g/mol. The molecule has 0 aliphatic rings. The van der Waals surface area contributed by atoms with Gasteiger partial charge in [-0.15, -0.1) is 0 Å². The standard InChI is InChI=1S/C6H14O6.Al.3H2O/c7-1-3(9)5(11)6(12)4(10)2-8;;;;/h3-12H,1-2H2;;3*1H2/q;+3;;;/p-3. The maximum absolute atomic E-state index is 8.96. The van der Waals surface area contributed by atoms with Gasteiger partial charge in [-0.25, -0.2) is 0 Å². The summed E-state index contributed by atoms with van der Waals surface area (Å²) in [6, 6.07) is 0. The van der Waals surface area contributed by atoms with Gasteiger partial charge in [0.15, 0.2) is 0 Å². The Kier molecular flexibility index (Phi) is 28.3. The Labute approximate surface area is 103 Å². The molecule has 0 fully saturated rings. The maximum Gasteiger partial charge on any atom is 3.00 e. The Morgan fingerprint density at radius 2 is 0.812 bits per heavy atom. The van der Waals surface area contributed by atoms with Crippen LogP contribution in [0.4, 0.5) is 0 Å². The second-order valence-electron chi connectivity index (χ2n) is 2.48. The fourth-order valence-electron chi connectivity index (χ4n) is 0.671. The minimum Gasteiger partial charge on any atom is -0.870 e. The largest absolute Gasteiger partial charge is 3.00 e. The molecule has 4 atom stereocenters. The van der Waals surface area contributed by atoms with Crippen LogP contribution < -0.4 is 0 Å². The summed E-state index contributed by atoms with van der Waals surface area (Å²) in [6.07, 6.45) is -6.39. The average Bonchev–Trinajstić information content (AvgIpc) is 2.12. The van der Waals surface area contributed by atoms with Crippen molar-refractivity contribution in [3.63, 3.8) is 0 Å². The first-order valence-corrected chi connectivity index (χ1v) is 3.48. The molecule has 0 aliphatic carbocycles. The van der Waals surface area contributed by atoms with Crippen molar-refractivity contribution in [2.24, 2.45) is 0 Å². The summed E-state index contributed by atoms with van der Waals surface area (Å²) in [5, 5.41) is 52.2. The number of rotatable bonds is 5. The number of hydrogen-bond acceptors (Lipinski definition) is 9. The minimum atomic E-state index is -1.67. The van der Waals surface area contributed by atoms with E-state index in [0.717, 1.165) is 0 Å². The molecule has 0 saturated heterocycles. The van der Waals surface area contributed by atoms with Gasteiger partial charge in [-0.3, -0.25) is 0 Å². The average molecular weight is 260 g/mol. The van der Waals surface area contributed by atoms with Gasteiger partial charge in [0.05, 0.1) is 13.2 Å². The Morgan fingerprint density at radius 1 is 0.625 bits per heavy atom.